The fraction of sp³-hybridized carbons (Fsp3) is 0.308. The first-order valence-corrected chi connectivity index (χ1v) is 6.08. The van der Waals surface area contributed by atoms with Gasteiger partial charge in [0, 0.05) is 13.2 Å². The number of rotatable bonds is 4. The lowest BCUT2D eigenvalue weighted by molar-refractivity contribution is 0.826. The number of aromatic amines is 1. The highest BCUT2D eigenvalue weighted by molar-refractivity contribution is 5.61. The summed E-state index contributed by atoms with van der Waals surface area (Å²) >= 11 is 0. The third-order valence-electron chi connectivity index (χ3n) is 2.97. The van der Waals surface area contributed by atoms with E-state index in [1.807, 2.05) is 14.0 Å². The molecule has 0 radical (unpaired) electrons. The molecular formula is C13H13N7. The average Bonchev–Trinajstić information content (AvgIpc) is 2.98. The number of aromatic nitrogens is 4. The minimum atomic E-state index is 0.438. The van der Waals surface area contributed by atoms with E-state index < -0.39 is 0 Å². The van der Waals surface area contributed by atoms with Crippen molar-refractivity contribution in [3.05, 3.63) is 35.0 Å². The van der Waals surface area contributed by atoms with Crippen LogP contribution in [-0.2, 0) is 13.0 Å². The molecule has 20 heavy (non-hydrogen) atoms. The fourth-order valence-corrected chi connectivity index (χ4v) is 2.01. The Bertz CT molecular complexity index is 676. The zero-order valence-electron chi connectivity index (χ0n) is 11.3. The molecular weight excluding hydrogens is 254 g/mol. The molecule has 2 heterocycles. The fourth-order valence-electron chi connectivity index (χ4n) is 2.01. The first-order valence-electron chi connectivity index (χ1n) is 6.08. The Morgan fingerprint density at radius 3 is 2.65 bits per heavy atom. The standard InChI is InChI=1S/C13H13N7/c1-3-10-9(4-14)6-16-13(11(10)5-15)20(2)7-12-17-8-18-19-12/h6,8H,3,7H2,1-2H3,(H,17,18,19). The summed E-state index contributed by atoms with van der Waals surface area (Å²) in [5, 5.41) is 25.0. The van der Waals surface area contributed by atoms with Crippen molar-refractivity contribution in [3.63, 3.8) is 0 Å². The van der Waals surface area contributed by atoms with Gasteiger partial charge in [0.15, 0.2) is 0 Å². The van der Waals surface area contributed by atoms with Crippen LogP contribution in [0, 0.1) is 22.7 Å². The molecule has 0 spiro atoms. The van der Waals surface area contributed by atoms with Gasteiger partial charge in [0.1, 0.15) is 30.1 Å². The van der Waals surface area contributed by atoms with Crippen LogP contribution in [0.5, 0.6) is 0 Å². The molecule has 0 bridgehead atoms. The quantitative estimate of drug-likeness (QED) is 0.890. The highest BCUT2D eigenvalue weighted by atomic mass is 15.2. The van der Waals surface area contributed by atoms with Gasteiger partial charge >= 0.3 is 0 Å². The maximum absolute atomic E-state index is 9.36. The Morgan fingerprint density at radius 1 is 1.30 bits per heavy atom. The molecule has 0 fully saturated rings. The normalized spacial score (nSPS) is 9.80. The molecule has 1 N–H and O–H groups in total. The topological polar surface area (TPSA) is 105 Å². The molecule has 0 aliphatic rings. The van der Waals surface area contributed by atoms with E-state index in [1.54, 1.807) is 4.90 Å². The maximum atomic E-state index is 9.36. The van der Waals surface area contributed by atoms with Gasteiger partial charge in [-0.3, -0.25) is 5.10 Å². The molecule has 0 saturated heterocycles. The number of nitrogens with one attached hydrogen (secondary N) is 1. The van der Waals surface area contributed by atoms with Gasteiger partial charge in [-0.1, -0.05) is 6.92 Å². The molecule has 2 rings (SSSR count). The SMILES string of the molecule is CCc1c(C#N)cnc(N(C)Cc2ncn[nH]2)c1C#N. The van der Waals surface area contributed by atoms with Crippen molar-refractivity contribution in [2.75, 3.05) is 11.9 Å². The number of nitrogens with zero attached hydrogens (tertiary/aromatic N) is 6. The van der Waals surface area contributed by atoms with Crippen molar-refractivity contribution >= 4 is 5.82 Å². The lowest BCUT2D eigenvalue weighted by Crippen LogP contribution is -2.20. The average molecular weight is 267 g/mol. The van der Waals surface area contributed by atoms with E-state index in [2.05, 4.69) is 32.3 Å². The van der Waals surface area contributed by atoms with Gasteiger partial charge in [0.2, 0.25) is 0 Å². The molecule has 100 valence electrons. The van der Waals surface area contributed by atoms with Crippen LogP contribution in [0.2, 0.25) is 0 Å². The van der Waals surface area contributed by atoms with Gasteiger partial charge in [-0.15, -0.1) is 0 Å². The zero-order chi connectivity index (χ0) is 14.5. The van der Waals surface area contributed by atoms with Gasteiger partial charge < -0.3 is 4.90 Å². The van der Waals surface area contributed by atoms with Gasteiger partial charge in [-0.2, -0.15) is 15.6 Å². The first-order chi connectivity index (χ1) is 9.71. The van der Waals surface area contributed by atoms with Crippen molar-refractivity contribution in [2.45, 2.75) is 19.9 Å². The van der Waals surface area contributed by atoms with Crippen LogP contribution in [0.3, 0.4) is 0 Å². The largest absolute Gasteiger partial charge is 0.351 e. The second-order valence-electron chi connectivity index (χ2n) is 4.21. The van der Waals surface area contributed by atoms with Crippen LogP contribution in [0.1, 0.15) is 29.4 Å². The predicted octanol–water partition coefficient (Wildman–Crippen LogP) is 1.14. The van der Waals surface area contributed by atoms with E-state index in [0.29, 0.717) is 35.7 Å². The van der Waals surface area contributed by atoms with Gasteiger partial charge in [0.25, 0.3) is 0 Å². The molecule has 0 amide bonds. The molecule has 7 heteroatoms. The summed E-state index contributed by atoms with van der Waals surface area (Å²) in [5.41, 5.74) is 1.61. The molecule has 0 saturated carbocycles. The van der Waals surface area contributed by atoms with Gasteiger partial charge in [-0.05, 0) is 12.0 Å². The first kappa shape index (κ1) is 13.5. The highest BCUT2D eigenvalue weighted by Crippen LogP contribution is 2.23. The van der Waals surface area contributed by atoms with Crippen LogP contribution in [0.15, 0.2) is 12.5 Å². The Balaban J connectivity index is 2.42. The summed E-state index contributed by atoms with van der Waals surface area (Å²) in [6, 6.07) is 4.22. The van der Waals surface area contributed by atoms with Gasteiger partial charge in [-0.25, -0.2) is 9.97 Å². The van der Waals surface area contributed by atoms with Crippen molar-refractivity contribution in [3.8, 4) is 12.1 Å². The van der Waals surface area contributed by atoms with Crippen molar-refractivity contribution in [1.82, 2.24) is 20.2 Å². The molecule has 0 aliphatic heterocycles. The second kappa shape index (κ2) is 5.81. The summed E-state index contributed by atoms with van der Waals surface area (Å²) in [5.74, 6) is 1.22. The second-order valence-corrected chi connectivity index (χ2v) is 4.21. The third-order valence-corrected chi connectivity index (χ3v) is 2.97. The highest BCUT2D eigenvalue weighted by Gasteiger charge is 2.17. The molecule has 2 aromatic rings. The number of pyridine rings is 1. The summed E-state index contributed by atoms with van der Waals surface area (Å²) < 4.78 is 0. The molecule has 0 unspecified atom stereocenters. The minimum Gasteiger partial charge on any atom is -0.351 e. The summed E-state index contributed by atoms with van der Waals surface area (Å²) in [4.78, 5) is 10.1. The van der Waals surface area contributed by atoms with Crippen LogP contribution in [-0.4, -0.2) is 27.2 Å². The summed E-state index contributed by atoms with van der Waals surface area (Å²) in [7, 11) is 1.82. The number of anilines is 1. The number of nitriles is 2. The Morgan fingerprint density at radius 2 is 2.10 bits per heavy atom. The molecule has 0 atom stereocenters. The van der Waals surface area contributed by atoms with E-state index in [-0.39, 0.29) is 0 Å². The number of H-pyrrole nitrogens is 1. The predicted molar refractivity (Wildman–Crippen MR) is 71.5 cm³/mol. The number of hydrogen-bond donors (Lipinski definition) is 1. The Labute approximate surface area is 116 Å². The van der Waals surface area contributed by atoms with Crippen molar-refractivity contribution in [2.24, 2.45) is 0 Å². The lowest BCUT2D eigenvalue weighted by Gasteiger charge is -2.19. The van der Waals surface area contributed by atoms with Crippen LogP contribution in [0.25, 0.3) is 0 Å². The van der Waals surface area contributed by atoms with E-state index in [0.717, 1.165) is 5.56 Å². The lowest BCUT2D eigenvalue weighted by atomic mass is 10.0. The van der Waals surface area contributed by atoms with Crippen LogP contribution >= 0.6 is 0 Å². The summed E-state index contributed by atoms with van der Waals surface area (Å²) in [6.45, 7) is 2.37. The van der Waals surface area contributed by atoms with E-state index in [1.165, 1.54) is 12.5 Å². The molecule has 0 aliphatic carbocycles. The van der Waals surface area contributed by atoms with Crippen molar-refractivity contribution in [1.29, 1.82) is 10.5 Å². The van der Waals surface area contributed by atoms with Crippen LogP contribution in [0.4, 0.5) is 5.82 Å². The van der Waals surface area contributed by atoms with Crippen LogP contribution < -0.4 is 4.90 Å². The third kappa shape index (κ3) is 2.43. The Kier molecular flexibility index (Phi) is 3.92. The van der Waals surface area contributed by atoms with E-state index >= 15 is 0 Å². The summed E-state index contributed by atoms with van der Waals surface area (Å²) in [6.07, 6.45) is 3.54. The molecule has 0 aromatic carbocycles. The smallest absolute Gasteiger partial charge is 0.147 e. The zero-order valence-corrected chi connectivity index (χ0v) is 11.3. The Hall–Kier alpha value is -2.93. The van der Waals surface area contributed by atoms with Crippen molar-refractivity contribution < 1.29 is 0 Å². The van der Waals surface area contributed by atoms with E-state index in [4.69, 9.17) is 5.26 Å². The van der Waals surface area contributed by atoms with E-state index in [9.17, 15) is 5.26 Å². The molecule has 7 nitrogen and oxygen atoms in total. The van der Waals surface area contributed by atoms with Gasteiger partial charge in [0.05, 0.1) is 17.7 Å². The minimum absolute atomic E-state index is 0.438. The maximum Gasteiger partial charge on any atom is 0.147 e. The monoisotopic (exact) mass is 267 g/mol. The number of hydrogen-bond acceptors (Lipinski definition) is 6. The molecule has 2 aromatic heterocycles.